The highest BCUT2D eigenvalue weighted by Crippen LogP contribution is 2.28. The van der Waals surface area contributed by atoms with Crippen LogP contribution in [0, 0.1) is 15.9 Å². The quantitative estimate of drug-likeness (QED) is 0.501. The predicted molar refractivity (Wildman–Crippen MR) is 42.8 cm³/mol. The van der Waals surface area contributed by atoms with Crippen LogP contribution in [0.2, 0.25) is 0 Å². The maximum atomic E-state index is 13.0. The number of rotatable bonds is 1. The summed E-state index contributed by atoms with van der Waals surface area (Å²) >= 11 is 0. The molecular formula is C8H4FNO3. The molecule has 1 heterocycles. The molecule has 0 aliphatic carbocycles. The van der Waals surface area contributed by atoms with Crippen molar-refractivity contribution in [3.8, 4) is 0 Å². The number of halogens is 1. The number of hydrogen-bond donors (Lipinski definition) is 0. The summed E-state index contributed by atoms with van der Waals surface area (Å²) in [6.07, 6.45) is 1.29. The van der Waals surface area contributed by atoms with Crippen LogP contribution in [0.1, 0.15) is 0 Å². The van der Waals surface area contributed by atoms with Crippen LogP contribution in [0.15, 0.2) is 28.9 Å². The summed E-state index contributed by atoms with van der Waals surface area (Å²) in [6.45, 7) is 0. The first-order valence-electron chi connectivity index (χ1n) is 3.50. The molecule has 0 spiro atoms. The van der Waals surface area contributed by atoms with Gasteiger partial charge in [-0.25, -0.2) is 0 Å². The summed E-state index contributed by atoms with van der Waals surface area (Å²) in [5, 5.41) is 10.6. The lowest BCUT2D eigenvalue weighted by Gasteiger charge is -1.93. The van der Waals surface area contributed by atoms with Crippen molar-refractivity contribution in [2.75, 3.05) is 0 Å². The van der Waals surface area contributed by atoms with Crippen molar-refractivity contribution in [1.82, 2.24) is 0 Å². The predicted octanol–water partition coefficient (Wildman–Crippen LogP) is 2.48. The highest BCUT2D eigenvalue weighted by Gasteiger charge is 2.19. The van der Waals surface area contributed by atoms with Crippen molar-refractivity contribution >= 4 is 16.7 Å². The summed E-state index contributed by atoms with van der Waals surface area (Å²) in [7, 11) is 0. The van der Waals surface area contributed by atoms with Crippen LogP contribution in [0.4, 0.5) is 10.1 Å². The molecule has 0 radical (unpaired) electrons. The normalized spacial score (nSPS) is 10.5. The molecule has 0 fully saturated rings. The minimum Gasteiger partial charge on any atom is -0.464 e. The maximum absolute atomic E-state index is 13.0. The number of fused-ring (bicyclic) bond motifs is 1. The number of furan rings is 1. The van der Waals surface area contributed by atoms with E-state index in [-0.39, 0.29) is 5.39 Å². The molecule has 0 saturated heterocycles. The van der Waals surface area contributed by atoms with Crippen molar-refractivity contribution in [2.45, 2.75) is 0 Å². The van der Waals surface area contributed by atoms with E-state index in [1.165, 1.54) is 18.4 Å². The fraction of sp³-hybridized carbons (Fsp3) is 0. The Bertz CT molecular complexity index is 477. The van der Waals surface area contributed by atoms with Gasteiger partial charge in [0.15, 0.2) is 0 Å². The average molecular weight is 181 g/mol. The molecule has 1 aromatic carbocycles. The van der Waals surface area contributed by atoms with E-state index in [1.54, 1.807) is 0 Å². The Labute approximate surface area is 71.7 Å². The largest absolute Gasteiger partial charge is 0.464 e. The third-order valence-corrected chi connectivity index (χ3v) is 1.74. The van der Waals surface area contributed by atoms with Gasteiger partial charge < -0.3 is 4.42 Å². The van der Waals surface area contributed by atoms with E-state index in [9.17, 15) is 14.5 Å². The number of nitro benzene ring substituents is 1. The highest BCUT2D eigenvalue weighted by atomic mass is 19.1. The average Bonchev–Trinajstić information content (AvgIpc) is 2.50. The second-order valence-electron chi connectivity index (χ2n) is 2.49. The molecule has 4 nitrogen and oxygen atoms in total. The van der Waals surface area contributed by atoms with Crippen molar-refractivity contribution in [2.24, 2.45) is 0 Å². The molecule has 0 aliphatic rings. The number of nitrogens with zero attached hydrogens (tertiary/aromatic N) is 1. The van der Waals surface area contributed by atoms with E-state index in [4.69, 9.17) is 4.42 Å². The lowest BCUT2D eigenvalue weighted by atomic mass is 10.2. The molecule has 2 rings (SSSR count). The second kappa shape index (κ2) is 2.55. The molecular weight excluding hydrogens is 177 g/mol. The molecule has 2 aromatic rings. The van der Waals surface area contributed by atoms with Crippen molar-refractivity contribution in [3.05, 3.63) is 40.4 Å². The first-order chi connectivity index (χ1) is 6.20. The van der Waals surface area contributed by atoms with Gasteiger partial charge >= 0.3 is 5.69 Å². The zero-order chi connectivity index (χ0) is 9.42. The Morgan fingerprint density at radius 3 is 2.85 bits per heavy atom. The Balaban J connectivity index is 2.88. The SMILES string of the molecule is O=[N+]([O-])c1c(F)ccc2occc12. The first kappa shape index (κ1) is 7.72. The molecule has 0 unspecified atom stereocenters. The monoisotopic (exact) mass is 181 g/mol. The van der Waals surface area contributed by atoms with Crippen LogP contribution >= 0.6 is 0 Å². The van der Waals surface area contributed by atoms with E-state index < -0.39 is 16.4 Å². The molecule has 66 valence electrons. The van der Waals surface area contributed by atoms with Gasteiger partial charge in [-0.15, -0.1) is 0 Å². The molecule has 0 aliphatic heterocycles. The number of benzene rings is 1. The summed E-state index contributed by atoms with van der Waals surface area (Å²) in [6, 6.07) is 3.75. The van der Waals surface area contributed by atoms with Gasteiger partial charge in [-0.2, -0.15) is 4.39 Å². The van der Waals surface area contributed by atoms with Gasteiger partial charge in [0.25, 0.3) is 0 Å². The molecule has 0 amide bonds. The molecule has 13 heavy (non-hydrogen) atoms. The van der Waals surface area contributed by atoms with Gasteiger partial charge in [0.1, 0.15) is 11.0 Å². The molecule has 1 aromatic heterocycles. The van der Waals surface area contributed by atoms with Crippen molar-refractivity contribution < 1.29 is 13.7 Å². The molecule has 0 N–H and O–H groups in total. The van der Waals surface area contributed by atoms with Crippen molar-refractivity contribution in [1.29, 1.82) is 0 Å². The third kappa shape index (κ3) is 1.05. The van der Waals surface area contributed by atoms with E-state index >= 15 is 0 Å². The highest BCUT2D eigenvalue weighted by molar-refractivity contribution is 5.86. The molecule has 0 atom stereocenters. The van der Waals surface area contributed by atoms with E-state index in [0.29, 0.717) is 5.58 Å². The van der Waals surface area contributed by atoms with Gasteiger partial charge in [-0.05, 0) is 18.2 Å². The Morgan fingerprint density at radius 1 is 1.38 bits per heavy atom. The summed E-state index contributed by atoms with van der Waals surface area (Å²) in [5.74, 6) is -0.848. The van der Waals surface area contributed by atoms with Crippen LogP contribution < -0.4 is 0 Å². The summed E-state index contributed by atoms with van der Waals surface area (Å²) in [4.78, 5) is 9.70. The van der Waals surface area contributed by atoms with E-state index in [1.807, 2.05) is 0 Å². The zero-order valence-electron chi connectivity index (χ0n) is 6.36. The van der Waals surface area contributed by atoms with Crippen LogP contribution in [0.25, 0.3) is 11.0 Å². The maximum Gasteiger partial charge on any atom is 0.315 e. The fourth-order valence-electron chi connectivity index (χ4n) is 1.19. The third-order valence-electron chi connectivity index (χ3n) is 1.74. The first-order valence-corrected chi connectivity index (χ1v) is 3.50. The summed E-state index contributed by atoms with van der Waals surface area (Å²) < 4.78 is 17.9. The second-order valence-corrected chi connectivity index (χ2v) is 2.49. The van der Waals surface area contributed by atoms with Crippen LogP contribution in [0.3, 0.4) is 0 Å². The van der Waals surface area contributed by atoms with Crippen molar-refractivity contribution in [3.63, 3.8) is 0 Å². The number of hydrogen-bond acceptors (Lipinski definition) is 3. The Kier molecular flexibility index (Phi) is 1.51. The van der Waals surface area contributed by atoms with Gasteiger partial charge in [0.05, 0.1) is 11.2 Å². The molecule has 5 heteroatoms. The minimum atomic E-state index is -0.848. The summed E-state index contributed by atoms with van der Waals surface area (Å²) in [5.41, 5.74) is -0.223. The minimum absolute atomic E-state index is 0.185. The van der Waals surface area contributed by atoms with Gasteiger partial charge in [-0.3, -0.25) is 10.1 Å². The van der Waals surface area contributed by atoms with Gasteiger partial charge in [0, 0.05) is 0 Å². The zero-order valence-corrected chi connectivity index (χ0v) is 6.36. The van der Waals surface area contributed by atoms with E-state index in [2.05, 4.69) is 0 Å². The number of nitro groups is 1. The Hall–Kier alpha value is -1.91. The standard InChI is InChI=1S/C8H4FNO3/c9-6-1-2-7-5(3-4-13-7)8(6)10(11)12/h1-4H. The fourth-order valence-corrected chi connectivity index (χ4v) is 1.19. The van der Waals surface area contributed by atoms with Gasteiger partial charge in [0.2, 0.25) is 5.82 Å². The lowest BCUT2D eigenvalue weighted by molar-refractivity contribution is -0.385. The lowest BCUT2D eigenvalue weighted by Crippen LogP contribution is -1.92. The van der Waals surface area contributed by atoms with Crippen LogP contribution in [-0.2, 0) is 0 Å². The smallest absolute Gasteiger partial charge is 0.315 e. The van der Waals surface area contributed by atoms with E-state index in [0.717, 1.165) is 6.07 Å². The topological polar surface area (TPSA) is 56.3 Å². The Morgan fingerprint density at radius 2 is 2.15 bits per heavy atom. The van der Waals surface area contributed by atoms with Crippen LogP contribution in [-0.4, -0.2) is 4.92 Å². The van der Waals surface area contributed by atoms with Crippen LogP contribution in [0.5, 0.6) is 0 Å². The molecule has 0 bridgehead atoms. The molecule has 0 saturated carbocycles. The van der Waals surface area contributed by atoms with Gasteiger partial charge in [-0.1, -0.05) is 0 Å².